The number of ketones is 1. The highest BCUT2D eigenvalue weighted by atomic mass is 32.2. The minimum Gasteiger partial charge on any atom is -0.497 e. The number of benzene rings is 2. The van der Waals surface area contributed by atoms with Crippen LogP contribution in [0.1, 0.15) is 15.9 Å². The summed E-state index contributed by atoms with van der Waals surface area (Å²) >= 11 is 1.43. The number of carbonyl (C=O) groups is 1. The zero-order valence-electron chi connectivity index (χ0n) is 15.8. The number of hydrogen-bond acceptors (Lipinski definition) is 7. The maximum absolute atomic E-state index is 12.5. The average molecular weight is 400 g/mol. The van der Waals surface area contributed by atoms with Crippen LogP contribution in [0.5, 0.6) is 17.2 Å². The molecule has 0 aliphatic rings. The van der Waals surface area contributed by atoms with Crippen molar-refractivity contribution in [2.45, 2.75) is 5.75 Å². The van der Waals surface area contributed by atoms with Gasteiger partial charge in [-0.2, -0.15) is 0 Å². The smallest absolute Gasteiger partial charge is 0.336 e. The van der Waals surface area contributed by atoms with Gasteiger partial charge >= 0.3 is 5.63 Å². The third-order valence-electron chi connectivity index (χ3n) is 4.23. The Labute approximate surface area is 166 Å². The van der Waals surface area contributed by atoms with Crippen LogP contribution in [0.15, 0.2) is 51.7 Å². The van der Waals surface area contributed by atoms with Crippen molar-refractivity contribution < 1.29 is 23.4 Å². The summed E-state index contributed by atoms with van der Waals surface area (Å²) in [7, 11) is 4.63. The lowest BCUT2D eigenvalue weighted by Crippen LogP contribution is -2.05. The minimum absolute atomic E-state index is 0.0279. The van der Waals surface area contributed by atoms with E-state index in [1.54, 1.807) is 38.5 Å². The maximum Gasteiger partial charge on any atom is 0.336 e. The molecule has 0 saturated carbocycles. The molecule has 28 heavy (non-hydrogen) atoms. The molecule has 0 fully saturated rings. The first kappa shape index (κ1) is 19.8. The number of rotatable bonds is 8. The van der Waals surface area contributed by atoms with Crippen LogP contribution in [0.25, 0.3) is 11.0 Å². The predicted octanol–water partition coefficient (Wildman–Crippen LogP) is 3.93. The summed E-state index contributed by atoms with van der Waals surface area (Å²) in [5.41, 5.74) is 1.41. The van der Waals surface area contributed by atoms with Crippen molar-refractivity contribution in [3.8, 4) is 17.2 Å². The van der Waals surface area contributed by atoms with Gasteiger partial charge in [0, 0.05) is 28.8 Å². The van der Waals surface area contributed by atoms with E-state index in [2.05, 4.69) is 0 Å². The maximum atomic E-state index is 12.5. The molecule has 3 aromatic rings. The second kappa shape index (κ2) is 8.84. The highest BCUT2D eigenvalue weighted by molar-refractivity contribution is 7.99. The highest BCUT2D eigenvalue weighted by Crippen LogP contribution is 2.29. The van der Waals surface area contributed by atoms with Gasteiger partial charge in [-0.1, -0.05) is 0 Å². The van der Waals surface area contributed by atoms with E-state index in [0.717, 1.165) is 10.9 Å². The average Bonchev–Trinajstić information content (AvgIpc) is 2.72. The molecule has 0 bridgehead atoms. The van der Waals surface area contributed by atoms with Gasteiger partial charge in [0.2, 0.25) is 0 Å². The molecule has 0 N–H and O–H groups in total. The second-order valence-corrected chi connectivity index (χ2v) is 6.92. The molecule has 1 heterocycles. The van der Waals surface area contributed by atoms with E-state index in [0.29, 0.717) is 34.1 Å². The zero-order valence-corrected chi connectivity index (χ0v) is 16.6. The lowest BCUT2D eigenvalue weighted by Gasteiger charge is -2.09. The van der Waals surface area contributed by atoms with Gasteiger partial charge in [-0.3, -0.25) is 4.79 Å². The molecule has 0 aliphatic heterocycles. The molecule has 0 atom stereocenters. The van der Waals surface area contributed by atoms with Crippen LogP contribution < -0.4 is 19.8 Å². The van der Waals surface area contributed by atoms with Crippen LogP contribution in [0.3, 0.4) is 0 Å². The van der Waals surface area contributed by atoms with E-state index < -0.39 is 5.63 Å². The van der Waals surface area contributed by atoms with Crippen molar-refractivity contribution in [3.63, 3.8) is 0 Å². The predicted molar refractivity (Wildman–Crippen MR) is 109 cm³/mol. The third-order valence-corrected chi connectivity index (χ3v) is 5.22. The molecule has 3 rings (SSSR count). The number of methoxy groups -OCH3 is 3. The Morgan fingerprint density at radius 2 is 1.75 bits per heavy atom. The Morgan fingerprint density at radius 1 is 0.964 bits per heavy atom. The van der Waals surface area contributed by atoms with E-state index in [4.69, 9.17) is 18.6 Å². The summed E-state index contributed by atoms with van der Waals surface area (Å²) in [6.45, 7) is 0. The quantitative estimate of drug-likeness (QED) is 0.419. The van der Waals surface area contributed by atoms with Crippen molar-refractivity contribution >= 4 is 28.5 Å². The van der Waals surface area contributed by atoms with E-state index >= 15 is 0 Å². The van der Waals surface area contributed by atoms with Gasteiger partial charge < -0.3 is 18.6 Å². The fourth-order valence-corrected chi connectivity index (χ4v) is 3.72. The molecule has 7 heteroatoms. The summed E-state index contributed by atoms with van der Waals surface area (Å²) in [5, 5.41) is 0.825. The van der Waals surface area contributed by atoms with Crippen LogP contribution in [0.4, 0.5) is 0 Å². The largest absolute Gasteiger partial charge is 0.497 e. The SMILES string of the molecule is COc1ccc2c(CSCC(=O)c3ccc(OC)c(OC)c3)cc(=O)oc2c1. The number of hydrogen-bond donors (Lipinski definition) is 0. The van der Waals surface area contributed by atoms with Crippen molar-refractivity contribution in [1.82, 2.24) is 0 Å². The molecular formula is C21H20O6S. The molecule has 6 nitrogen and oxygen atoms in total. The van der Waals surface area contributed by atoms with Crippen molar-refractivity contribution in [2.75, 3.05) is 27.1 Å². The molecular weight excluding hydrogens is 380 g/mol. The minimum atomic E-state index is -0.428. The first-order valence-electron chi connectivity index (χ1n) is 8.49. The van der Waals surface area contributed by atoms with E-state index in [-0.39, 0.29) is 11.5 Å². The van der Waals surface area contributed by atoms with E-state index in [1.807, 2.05) is 12.1 Å². The van der Waals surface area contributed by atoms with Gasteiger partial charge in [0.25, 0.3) is 0 Å². The molecule has 0 aliphatic carbocycles. The van der Waals surface area contributed by atoms with Crippen molar-refractivity contribution in [1.29, 1.82) is 0 Å². The number of Topliss-reactive ketones (excluding diaryl/α,β-unsaturated/α-hetero) is 1. The molecule has 1 aromatic heterocycles. The molecule has 0 radical (unpaired) electrons. The lowest BCUT2D eigenvalue weighted by atomic mass is 10.1. The van der Waals surface area contributed by atoms with Gasteiger partial charge in [-0.05, 0) is 35.9 Å². The molecule has 0 amide bonds. The van der Waals surface area contributed by atoms with Crippen molar-refractivity contribution in [3.05, 3.63) is 64.0 Å². The Bertz CT molecular complexity index is 1060. The second-order valence-electron chi connectivity index (χ2n) is 5.94. The number of ether oxygens (including phenoxy) is 3. The van der Waals surface area contributed by atoms with E-state index in [9.17, 15) is 9.59 Å². The van der Waals surface area contributed by atoms with Crippen LogP contribution in [-0.2, 0) is 5.75 Å². The van der Waals surface area contributed by atoms with Gasteiger partial charge in [-0.15, -0.1) is 11.8 Å². The Kier molecular flexibility index (Phi) is 6.26. The zero-order chi connectivity index (χ0) is 20.1. The summed E-state index contributed by atoms with van der Waals surface area (Å²) in [5.74, 6) is 2.45. The summed E-state index contributed by atoms with van der Waals surface area (Å²) < 4.78 is 20.9. The molecule has 0 unspecified atom stereocenters. The molecule has 2 aromatic carbocycles. The number of fused-ring (bicyclic) bond motifs is 1. The fourth-order valence-electron chi connectivity index (χ4n) is 2.80. The van der Waals surface area contributed by atoms with Crippen LogP contribution in [0, 0.1) is 0 Å². The summed E-state index contributed by atoms with van der Waals surface area (Å²) in [4.78, 5) is 24.3. The van der Waals surface area contributed by atoms with Gasteiger partial charge in [0.15, 0.2) is 17.3 Å². The fraction of sp³-hybridized carbons (Fsp3) is 0.238. The summed E-state index contributed by atoms with van der Waals surface area (Å²) in [6, 6.07) is 11.9. The molecule has 0 saturated heterocycles. The monoisotopic (exact) mass is 400 g/mol. The molecule has 146 valence electrons. The standard InChI is InChI=1S/C21H20O6S/c1-24-15-5-6-16-14(9-21(23)27-19(16)10-15)11-28-12-17(22)13-4-7-18(25-2)20(8-13)26-3/h4-10H,11-12H2,1-3H3. The lowest BCUT2D eigenvalue weighted by molar-refractivity contribution is 0.102. The van der Waals surface area contributed by atoms with E-state index in [1.165, 1.54) is 24.9 Å². The van der Waals surface area contributed by atoms with Crippen molar-refractivity contribution in [2.24, 2.45) is 0 Å². The highest BCUT2D eigenvalue weighted by Gasteiger charge is 2.12. The third kappa shape index (κ3) is 4.31. The van der Waals surface area contributed by atoms with Crippen LogP contribution >= 0.6 is 11.8 Å². The number of thioether (sulfide) groups is 1. The van der Waals surface area contributed by atoms with Crippen LogP contribution in [0.2, 0.25) is 0 Å². The first-order valence-corrected chi connectivity index (χ1v) is 9.65. The summed E-state index contributed by atoms with van der Waals surface area (Å²) in [6.07, 6.45) is 0. The Balaban J connectivity index is 1.73. The first-order chi connectivity index (χ1) is 13.5. The Hall–Kier alpha value is -2.93. The normalized spacial score (nSPS) is 10.7. The van der Waals surface area contributed by atoms with Crippen LogP contribution in [-0.4, -0.2) is 32.9 Å². The van der Waals surface area contributed by atoms with Gasteiger partial charge in [-0.25, -0.2) is 4.79 Å². The molecule has 0 spiro atoms. The van der Waals surface area contributed by atoms with Gasteiger partial charge in [0.1, 0.15) is 11.3 Å². The number of carbonyl (C=O) groups excluding carboxylic acids is 1. The Morgan fingerprint density at radius 3 is 2.46 bits per heavy atom. The van der Waals surface area contributed by atoms with Gasteiger partial charge in [0.05, 0.1) is 27.1 Å². The topological polar surface area (TPSA) is 75.0 Å².